The van der Waals surface area contributed by atoms with Crippen molar-refractivity contribution in [2.24, 2.45) is 16.7 Å². The zero-order chi connectivity index (χ0) is 19.4. The van der Waals surface area contributed by atoms with Crippen molar-refractivity contribution in [1.82, 2.24) is 0 Å². The second kappa shape index (κ2) is 8.02. The van der Waals surface area contributed by atoms with E-state index in [9.17, 15) is 14.4 Å². The van der Waals surface area contributed by atoms with Gasteiger partial charge in [0.05, 0.1) is 0 Å². The standard InChI is InChI=1S/C21H28O5/c1-15(22)25-13-21(14-26-16(2)23)11-10-20(3,4)18(12-21)19(24)17-8-6-5-7-9-17/h5-9,18H,10-14H2,1-4H3. The summed E-state index contributed by atoms with van der Waals surface area (Å²) in [5.41, 5.74) is -0.0217. The maximum atomic E-state index is 13.2. The number of benzene rings is 1. The van der Waals surface area contributed by atoms with Crippen LogP contribution in [0.3, 0.4) is 0 Å². The smallest absolute Gasteiger partial charge is 0.302 e. The average Bonchev–Trinajstić information content (AvgIpc) is 2.60. The molecule has 0 N–H and O–H groups in total. The molecule has 1 aromatic rings. The van der Waals surface area contributed by atoms with Crippen LogP contribution in [0.15, 0.2) is 30.3 Å². The number of Topliss-reactive ketones (excluding diaryl/α,β-unsaturated/α-hetero) is 1. The quantitative estimate of drug-likeness (QED) is 0.570. The van der Waals surface area contributed by atoms with Gasteiger partial charge in [0.15, 0.2) is 5.78 Å². The minimum Gasteiger partial charge on any atom is -0.465 e. The highest BCUT2D eigenvalue weighted by molar-refractivity contribution is 5.98. The van der Waals surface area contributed by atoms with E-state index >= 15 is 0 Å². The molecule has 0 heterocycles. The lowest BCUT2D eigenvalue weighted by molar-refractivity contribution is -0.155. The first-order valence-corrected chi connectivity index (χ1v) is 9.01. The number of hydrogen-bond donors (Lipinski definition) is 0. The van der Waals surface area contributed by atoms with Crippen LogP contribution >= 0.6 is 0 Å². The molecule has 1 aromatic carbocycles. The Balaban J connectivity index is 2.28. The van der Waals surface area contributed by atoms with E-state index in [4.69, 9.17) is 9.47 Å². The highest BCUT2D eigenvalue weighted by Gasteiger charge is 2.48. The highest BCUT2D eigenvalue weighted by atomic mass is 16.5. The van der Waals surface area contributed by atoms with Gasteiger partial charge in [0.1, 0.15) is 13.2 Å². The van der Waals surface area contributed by atoms with Crippen molar-refractivity contribution in [2.75, 3.05) is 13.2 Å². The van der Waals surface area contributed by atoms with Gasteiger partial charge in [0.25, 0.3) is 0 Å². The van der Waals surface area contributed by atoms with E-state index in [-0.39, 0.29) is 42.3 Å². The zero-order valence-electron chi connectivity index (χ0n) is 16.0. The van der Waals surface area contributed by atoms with Gasteiger partial charge in [0, 0.05) is 30.7 Å². The van der Waals surface area contributed by atoms with Crippen LogP contribution in [-0.4, -0.2) is 30.9 Å². The maximum absolute atomic E-state index is 13.2. The van der Waals surface area contributed by atoms with Crippen LogP contribution in [0.25, 0.3) is 0 Å². The van der Waals surface area contributed by atoms with Gasteiger partial charge in [-0.25, -0.2) is 0 Å². The Bertz CT molecular complexity index is 644. The van der Waals surface area contributed by atoms with Crippen molar-refractivity contribution in [3.8, 4) is 0 Å². The summed E-state index contributed by atoms with van der Waals surface area (Å²) in [6.45, 7) is 7.23. The van der Waals surface area contributed by atoms with Gasteiger partial charge in [-0.1, -0.05) is 44.2 Å². The molecular formula is C21H28O5. The number of rotatable bonds is 6. The third kappa shape index (κ3) is 4.93. The first kappa shape index (κ1) is 20.1. The summed E-state index contributed by atoms with van der Waals surface area (Å²) in [5.74, 6) is -0.888. The predicted molar refractivity (Wildman–Crippen MR) is 97.6 cm³/mol. The Kier molecular flexibility index (Phi) is 6.21. The number of ketones is 1. The molecule has 1 saturated carbocycles. The number of esters is 2. The summed E-state index contributed by atoms with van der Waals surface area (Å²) in [6, 6.07) is 9.25. The molecule has 1 aliphatic rings. The summed E-state index contributed by atoms with van der Waals surface area (Å²) < 4.78 is 10.6. The SMILES string of the molecule is CC(=O)OCC1(COC(C)=O)CCC(C)(C)C(C(=O)c2ccccc2)C1. The molecule has 0 radical (unpaired) electrons. The van der Waals surface area contributed by atoms with Gasteiger partial charge in [-0.05, 0) is 24.7 Å². The molecule has 1 aliphatic carbocycles. The van der Waals surface area contributed by atoms with Crippen LogP contribution in [0, 0.1) is 16.7 Å². The molecule has 0 bridgehead atoms. The molecular weight excluding hydrogens is 332 g/mol. The van der Waals surface area contributed by atoms with E-state index in [0.717, 1.165) is 12.8 Å². The predicted octanol–water partition coefficient (Wildman–Crippen LogP) is 3.81. The largest absolute Gasteiger partial charge is 0.465 e. The van der Waals surface area contributed by atoms with Crippen molar-refractivity contribution >= 4 is 17.7 Å². The fourth-order valence-electron chi connectivity index (χ4n) is 3.64. The third-order valence-corrected chi connectivity index (χ3v) is 5.42. The number of carbonyl (C=O) groups is 3. The normalized spacial score (nSPS) is 20.8. The molecule has 2 rings (SSSR count). The van der Waals surface area contributed by atoms with Crippen molar-refractivity contribution < 1.29 is 23.9 Å². The Morgan fingerprint density at radius 2 is 1.50 bits per heavy atom. The van der Waals surface area contributed by atoms with Crippen LogP contribution < -0.4 is 0 Å². The molecule has 0 saturated heterocycles. The zero-order valence-corrected chi connectivity index (χ0v) is 16.0. The fraction of sp³-hybridized carbons (Fsp3) is 0.571. The molecule has 0 aliphatic heterocycles. The number of hydrogen-bond acceptors (Lipinski definition) is 5. The van der Waals surface area contributed by atoms with E-state index in [0.29, 0.717) is 12.0 Å². The van der Waals surface area contributed by atoms with E-state index in [1.54, 1.807) is 0 Å². The molecule has 0 aromatic heterocycles. The summed E-state index contributed by atoms with van der Waals surface area (Å²) in [5, 5.41) is 0. The summed E-state index contributed by atoms with van der Waals surface area (Å²) in [6.07, 6.45) is 2.05. The van der Waals surface area contributed by atoms with Crippen molar-refractivity contribution in [2.45, 2.75) is 47.0 Å². The van der Waals surface area contributed by atoms with Crippen molar-refractivity contribution in [1.29, 1.82) is 0 Å². The lowest BCUT2D eigenvalue weighted by Crippen LogP contribution is -2.47. The fourth-order valence-corrected chi connectivity index (χ4v) is 3.64. The second-order valence-electron chi connectivity index (χ2n) is 8.04. The molecule has 1 unspecified atom stereocenters. The van der Waals surface area contributed by atoms with Crippen LogP contribution in [0.5, 0.6) is 0 Å². The topological polar surface area (TPSA) is 69.7 Å². The number of carbonyl (C=O) groups excluding carboxylic acids is 3. The summed E-state index contributed by atoms with van der Waals surface area (Å²) >= 11 is 0. The van der Waals surface area contributed by atoms with E-state index in [1.165, 1.54) is 13.8 Å². The molecule has 0 amide bonds. The molecule has 142 valence electrons. The number of ether oxygens (including phenoxy) is 2. The van der Waals surface area contributed by atoms with E-state index < -0.39 is 5.41 Å². The van der Waals surface area contributed by atoms with Gasteiger partial charge in [-0.15, -0.1) is 0 Å². The Morgan fingerprint density at radius 1 is 0.962 bits per heavy atom. The van der Waals surface area contributed by atoms with Crippen LogP contribution in [0.1, 0.15) is 57.3 Å². The minimum atomic E-state index is -0.526. The van der Waals surface area contributed by atoms with Crippen LogP contribution in [-0.2, 0) is 19.1 Å². The second-order valence-corrected chi connectivity index (χ2v) is 8.04. The Labute approximate surface area is 155 Å². The molecule has 5 heteroatoms. The minimum absolute atomic E-state index is 0.0883. The van der Waals surface area contributed by atoms with Gasteiger partial charge >= 0.3 is 11.9 Å². The third-order valence-electron chi connectivity index (χ3n) is 5.42. The van der Waals surface area contributed by atoms with Crippen LogP contribution in [0.2, 0.25) is 0 Å². The highest BCUT2D eigenvalue weighted by Crippen LogP contribution is 2.50. The van der Waals surface area contributed by atoms with Gasteiger partial charge in [0.2, 0.25) is 0 Å². The lowest BCUT2D eigenvalue weighted by atomic mass is 9.58. The van der Waals surface area contributed by atoms with Crippen molar-refractivity contribution in [3.05, 3.63) is 35.9 Å². The Morgan fingerprint density at radius 3 is 2.00 bits per heavy atom. The van der Waals surface area contributed by atoms with Gasteiger partial charge in [-0.2, -0.15) is 0 Å². The Hall–Kier alpha value is -2.17. The first-order valence-electron chi connectivity index (χ1n) is 9.01. The lowest BCUT2D eigenvalue weighted by Gasteiger charge is -2.47. The summed E-state index contributed by atoms with van der Waals surface area (Å²) in [7, 11) is 0. The van der Waals surface area contributed by atoms with Gasteiger partial charge in [-0.3, -0.25) is 14.4 Å². The van der Waals surface area contributed by atoms with Crippen molar-refractivity contribution in [3.63, 3.8) is 0 Å². The average molecular weight is 360 g/mol. The summed E-state index contributed by atoms with van der Waals surface area (Å²) in [4.78, 5) is 35.8. The van der Waals surface area contributed by atoms with E-state index in [2.05, 4.69) is 13.8 Å². The maximum Gasteiger partial charge on any atom is 0.302 e. The molecule has 1 fully saturated rings. The first-order chi connectivity index (χ1) is 12.2. The molecule has 5 nitrogen and oxygen atoms in total. The monoisotopic (exact) mass is 360 g/mol. The van der Waals surface area contributed by atoms with Gasteiger partial charge < -0.3 is 9.47 Å². The molecule has 1 atom stereocenters. The van der Waals surface area contributed by atoms with Crippen LogP contribution in [0.4, 0.5) is 0 Å². The molecule has 26 heavy (non-hydrogen) atoms. The molecule has 0 spiro atoms. The van der Waals surface area contributed by atoms with E-state index in [1.807, 2.05) is 30.3 Å².